The zero-order valence-corrected chi connectivity index (χ0v) is 22.3. The normalized spacial score (nSPS) is 14.8. The van der Waals surface area contributed by atoms with Crippen LogP contribution in [0.25, 0.3) is 22.2 Å². The lowest BCUT2D eigenvalue weighted by molar-refractivity contribution is 0.0504. The number of amides is 1. The monoisotopic (exact) mass is 530 g/mol. The summed E-state index contributed by atoms with van der Waals surface area (Å²) >= 11 is 0. The number of halogens is 1. The van der Waals surface area contributed by atoms with Crippen LogP contribution in [-0.2, 0) is 11.3 Å². The topological polar surface area (TPSA) is 70.1 Å². The summed E-state index contributed by atoms with van der Waals surface area (Å²) < 4.78 is 37.0. The molecular formula is C31H31FN2O5. The van der Waals surface area contributed by atoms with E-state index in [1.54, 1.807) is 38.4 Å². The lowest BCUT2D eigenvalue weighted by atomic mass is 10.0. The molecule has 8 heteroatoms. The number of benzene rings is 3. The number of hydrogen-bond donors (Lipinski definition) is 0. The number of ether oxygens (including phenoxy) is 4. The predicted molar refractivity (Wildman–Crippen MR) is 147 cm³/mol. The maximum absolute atomic E-state index is 14.7. The van der Waals surface area contributed by atoms with E-state index in [0.29, 0.717) is 41.6 Å². The second-order valence-electron chi connectivity index (χ2n) is 9.43. The minimum Gasteiger partial charge on any atom is -0.497 e. The Kier molecular flexibility index (Phi) is 7.93. The van der Waals surface area contributed by atoms with Gasteiger partial charge in [0.2, 0.25) is 0 Å². The Labute approximate surface area is 227 Å². The van der Waals surface area contributed by atoms with Crippen molar-refractivity contribution in [2.24, 2.45) is 0 Å². The van der Waals surface area contributed by atoms with E-state index in [0.717, 1.165) is 29.4 Å². The third-order valence-corrected chi connectivity index (χ3v) is 6.94. The van der Waals surface area contributed by atoms with Gasteiger partial charge in [-0.05, 0) is 54.8 Å². The number of hydrogen-bond acceptors (Lipinski definition) is 6. The van der Waals surface area contributed by atoms with Crippen LogP contribution < -0.4 is 14.2 Å². The van der Waals surface area contributed by atoms with Crippen molar-refractivity contribution < 1.29 is 28.1 Å². The minimum atomic E-state index is -0.554. The van der Waals surface area contributed by atoms with E-state index in [1.807, 2.05) is 42.5 Å². The first-order valence-electron chi connectivity index (χ1n) is 12.9. The average molecular weight is 531 g/mol. The van der Waals surface area contributed by atoms with Gasteiger partial charge in [0.25, 0.3) is 5.91 Å². The van der Waals surface area contributed by atoms with Crippen molar-refractivity contribution >= 4 is 16.8 Å². The molecule has 0 radical (unpaired) electrons. The van der Waals surface area contributed by atoms with Gasteiger partial charge in [0.15, 0.2) is 11.5 Å². The first kappa shape index (κ1) is 26.4. The average Bonchev–Trinajstić information content (AvgIpc) is 3.49. The molecule has 7 nitrogen and oxygen atoms in total. The van der Waals surface area contributed by atoms with Crippen molar-refractivity contribution in [2.45, 2.75) is 25.5 Å². The number of aromatic nitrogens is 1. The summed E-state index contributed by atoms with van der Waals surface area (Å²) in [5.41, 5.74) is 3.05. The fourth-order valence-corrected chi connectivity index (χ4v) is 4.95. The molecule has 0 aliphatic carbocycles. The van der Waals surface area contributed by atoms with Crippen molar-refractivity contribution in [1.29, 1.82) is 0 Å². The molecule has 5 rings (SSSR count). The molecule has 0 spiro atoms. The molecule has 1 aliphatic heterocycles. The zero-order valence-electron chi connectivity index (χ0n) is 22.3. The molecule has 1 atom stereocenters. The van der Waals surface area contributed by atoms with Gasteiger partial charge in [-0.3, -0.25) is 4.79 Å². The molecule has 4 aromatic rings. The fourth-order valence-electron chi connectivity index (χ4n) is 4.95. The zero-order chi connectivity index (χ0) is 27.4. The molecule has 0 N–H and O–H groups in total. The van der Waals surface area contributed by atoms with Crippen molar-refractivity contribution in [3.63, 3.8) is 0 Å². The number of rotatable bonds is 9. The van der Waals surface area contributed by atoms with Crippen LogP contribution in [0.1, 0.15) is 28.8 Å². The van der Waals surface area contributed by atoms with E-state index in [4.69, 9.17) is 23.9 Å². The van der Waals surface area contributed by atoms with Gasteiger partial charge in [-0.2, -0.15) is 0 Å². The number of methoxy groups -OCH3 is 3. The second-order valence-corrected chi connectivity index (χ2v) is 9.43. The highest BCUT2D eigenvalue weighted by Crippen LogP contribution is 2.35. The molecule has 202 valence electrons. The smallest absolute Gasteiger partial charge is 0.257 e. The standard InChI is InChI=1S/C31H31FN2O5/c1-36-23-9-6-8-20(15-23)30-22(14-21-16-28(37-2)29(38-3)17-27(21)33-30)18-34(19-24-10-7-13-39-24)31(35)25-11-4-5-12-26(25)32/h4-6,8-9,11-12,14-17,24H,7,10,13,18-19H2,1-3H3. The number of carbonyl (C=O) groups is 1. The van der Waals surface area contributed by atoms with E-state index in [9.17, 15) is 9.18 Å². The van der Waals surface area contributed by atoms with Crippen molar-refractivity contribution in [1.82, 2.24) is 9.88 Å². The molecule has 1 saturated heterocycles. The van der Waals surface area contributed by atoms with Gasteiger partial charge in [-0.25, -0.2) is 9.37 Å². The predicted octanol–water partition coefficient (Wildman–Crippen LogP) is 5.89. The first-order chi connectivity index (χ1) is 19.0. The third kappa shape index (κ3) is 5.66. The Hall–Kier alpha value is -4.17. The summed E-state index contributed by atoms with van der Waals surface area (Å²) in [6, 6.07) is 19.4. The number of carbonyl (C=O) groups excluding carboxylic acids is 1. The van der Waals surface area contributed by atoms with Crippen LogP contribution in [0.2, 0.25) is 0 Å². The molecule has 1 unspecified atom stereocenters. The number of pyridine rings is 1. The van der Waals surface area contributed by atoms with Crippen LogP contribution in [0.15, 0.2) is 66.7 Å². The quantitative estimate of drug-likeness (QED) is 0.269. The second kappa shape index (κ2) is 11.7. The Balaban J connectivity index is 1.64. The molecule has 1 fully saturated rings. The fraction of sp³-hybridized carbons (Fsp3) is 0.290. The molecule has 3 aromatic carbocycles. The SMILES string of the molecule is COc1cccc(-c2nc3cc(OC)c(OC)cc3cc2CN(CC2CCCO2)C(=O)c2ccccc2F)c1. The maximum atomic E-state index is 14.7. The highest BCUT2D eigenvalue weighted by molar-refractivity contribution is 5.95. The summed E-state index contributed by atoms with van der Waals surface area (Å²) in [5.74, 6) is 0.877. The molecule has 39 heavy (non-hydrogen) atoms. The van der Waals surface area contributed by atoms with E-state index < -0.39 is 11.7 Å². The lowest BCUT2D eigenvalue weighted by Crippen LogP contribution is -2.37. The van der Waals surface area contributed by atoms with Gasteiger partial charge in [0.05, 0.1) is 44.2 Å². The summed E-state index contributed by atoms with van der Waals surface area (Å²) in [6.07, 6.45) is 1.66. The van der Waals surface area contributed by atoms with Crippen LogP contribution in [-0.4, -0.2) is 56.4 Å². The Morgan fingerprint density at radius 1 is 1.00 bits per heavy atom. The largest absolute Gasteiger partial charge is 0.497 e. The van der Waals surface area contributed by atoms with Crippen molar-refractivity contribution in [3.8, 4) is 28.5 Å². The minimum absolute atomic E-state index is 0.0265. The van der Waals surface area contributed by atoms with Crippen LogP contribution in [0.3, 0.4) is 0 Å². The molecule has 0 saturated carbocycles. The van der Waals surface area contributed by atoms with E-state index in [1.165, 1.54) is 12.1 Å². The molecule has 2 heterocycles. The Morgan fingerprint density at radius 2 is 1.79 bits per heavy atom. The summed E-state index contributed by atoms with van der Waals surface area (Å²) in [4.78, 5) is 20.4. The molecular weight excluding hydrogens is 499 g/mol. The summed E-state index contributed by atoms with van der Waals surface area (Å²) in [7, 11) is 4.78. The van der Waals surface area contributed by atoms with Gasteiger partial charge in [-0.15, -0.1) is 0 Å². The maximum Gasteiger partial charge on any atom is 0.257 e. The van der Waals surface area contributed by atoms with Crippen LogP contribution in [0.5, 0.6) is 17.2 Å². The van der Waals surface area contributed by atoms with Crippen LogP contribution in [0, 0.1) is 5.82 Å². The van der Waals surface area contributed by atoms with E-state index >= 15 is 0 Å². The van der Waals surface area contributed by atoms with Gasteiger partial charge < -0.3 is 23.8 Å². The molecule has 1 amide bonds. The van der Waals surface area contributed by atoms with E-state index in [-0.39, 0.29) is 18.2 Å². The third-order valence-electron chi connectivity index (χ3n) is 6.94. The summed E-state index contributed by atoms with van der Waals surface area (Å²) in [6.45, 7) is 1.20. The lowest BCUT2D eigenvalue weighted by Gasteiger charge is -2.27. The van der Waals surface area contributed by atoms with Crippen molar-refractivity contribution in [2.75, 3.05) is 34.5 Å². The Bertz CT molecular complexity index is 1490. The molecule has 1 aliphatic rings. The van der Waals surface area contributed by atoms with E-state index in [2.05, 4.69) is 0 Å². The van der Waals surface area contributed by atoms with Gasteiger partial charge in [0.1, 0.15) is 11.6 Å². The highest BCUT2D eigenvalue weighted by atomic mass is 19.1. The number of fused-ring (bicyclic) bond motifs is 1. The highest BCUT2D eigenvalue weighted by Gasteiger charge is 2.26. The Morgan fingerprint density at radius 3 is 2.51 bits per heavy atom. The van der Waals surface area contributed by atoms with Gasteiger partial charge in [0, 0.05) is 36.7 Å². The van der Waals surface area contributed by atoms with Gasteiger partial charge in [-0.1, -0.05) is 24.3 Å². The summed E-state index contributed by atoms with van der Waals surface area (Å²) in [5, 5.41) is 0.824. The van der Waals surface area contributed by atoms with Crippen LogP contribution in [0.4, 0.5) is 4.39 Å². The van der Waals surface area contributed by atoms with Gasteiger partial charge >= 0.3 is 0 Å². The van der Waals surface area contributed by atoms with Crippen molar-refractivity contribution in [3.05, 3.63) is 83.7 Å². The van der Waals surface area contributed by atoms with Crippen LogP contribution >= 0.6 is 0 Å². The molecule has 0 bridgehead atoms. The first-order valence-corrected chi connectivity index (χ1v) is 12.9. The number of nitrogens with zero attached hydrogens (tertiary/aromatic N) is 2. The molecule has 1 aromatic heterocycles.